The fraction of sp³-hybridized carbons (Fsp3) is 0.429. The highest BCUT2D eigenvalue weighted by Gasteiger charge is 1.90. The highest BCUT2D eigenvalue weighted by molar-refractivity contribution is 5.14. The smallest absolute Gasteiger partial charge is 0.0506 e. The largest absolute Gasteiger partial charge is 0.381 e. The highest BCUT2D eigenvalue weighted by Crippen LogP contribution is 1.99. The summed E-state index contributed by atoms with van der Waals surface area (Å²) in [6.07, 6.45) is 7.52. The second-order valence-corrected chi connectivity index (χ2v) is 3.52. The van der Waals surface area contributed by atoms with Gasteiger partial charge in [0.1, 0.15) is 0 Å². The van der Waals surface area contributed by atoms with E-state index in [9.17, 15) is 0 Å². The molecule has 1 heteroatoms. The first kappa shape index (κ1) is 12.0. The minimum absolute atomic E-state index is 0.823. The van der Waals surface area contributed by atoms with Crippen molar-refractivity contribution < 1.29 is 4.74 Å². The summed E-state index contributed by atoms with van der Waals surface area (Å²) in [5, 5.41) is 0. The summed E-state index contributed by atoms with van der Waals surface area (Å²) in [6.45, 7) is 3.81. The molecule has 1 nitrogen and oxygen atoms in total. The van der Waals surface area contributed by atoms with Crippen LogP contribution in [0.15, 0.2) is 42.5 Å². The molecule has 0 atom stereocenters. The summed E-state index contributed by atoms with van der Waals surface area (Å²) in [4.78, 5) is 0. The Labute approximate surface area is 92.8 Å². The molecule has 0 N–H and O–H groups in total. The van der Waals surface area contributed by atoms with Gasteiger partial charge in [-0.05, 0) is 24.8 Å². The predicted molar refractivity (Wildman–Crippen MR) is 65.0 cm³/mol. The fourth-order valence-electron chi connectivity index (χ4n) is 1.37. The van der Waals surface area contributed by atoms with Gasteiger partial charge in [0.25, 0.3) is 0 Å². The van der Waals surface area contributed by atoms with Crippen molar-refractivity contribution in [2.75, 3.05) is 13.2 Å². The minimum atomic E-state index is 0.823. The van der Waals surface area contributed by atoms with Gasteiger partial charge in [-0.3, -0.25) is 0 Å². The second-order valence-electron chi connectivity index (χ2n) is 3.52. The van der Waals surface area contributed by atoms with Crippen LogP contribution in [0.25, 0.3) is 0 Å². The van der Waals surface area contributed by atoms with Crippen molar-refractivity contribution in [2.45, 2.75) is 26.2 Å². The molecule has 0 saturated carbocycles. The van der Waals surface area contributed by atoms with Gasteiger partial charge < -0.3 is 4.74 Å². The molecule has 0 aliphatic heterocycles. The van der Waals surface area contributed by atoms with Crippen molar-refractivity contribution in [3.05, 3.63) is 48.0 Å². The van der Waals surface area contributed by atoms with E-state index in [0.29, 0.717) is 0 Å². The molecular weight excluding hydrogens is 184 g/mol. The summed E-state index contributed by atoms with van der Waals surface area (Å²) < 4.78 is 5.53. The first-order valence-corrected chi connectivity index (χ1v) is 5.70. The van der Waals surface area contributed by atoms with Crippen LogP contribution in [0.2, 0.25) is 0 Å². The van der Waals surface area contributed by atoms with Gasteiger partial charge in [0.05, 0.1) is 13.2 Å². The van der Waals surface area contributed by atoms with Crippen molar-refractivity contribution in [1.29, 1.82) is 0 Å². The lowest BCUT2D eigenvalue weighted by atomic mass is 10.2. The summed E-state index contributed by atoms with van der Waals surface area (Å²) >= 11 is 0. The predicted octanol–water partition coefficient (Wildman–Crippen LogP) is 3.60. The zero-order chi connectivity index (χ0) is 10.8. The maximum atomic E-state index is 5.53. The SMILES string of the molecule is CC/C=C/CCOCCc1ccccc1. The molecule has 0 spiro atoms. The summed E-state index contributed by atoms with van der Waals surface area (Å²) in [6, 6.07) is 10.5. The molecular formula is C14H20O. The lowest BCUT2D eigenvalue weighted by Gasteiger charge is -2.02. The Kier molecular flexibility index (Phi) is 6.59. The zero-order valence-corrected chi connectivity index (χ0v) is 9.49. The van der Waals surface area contributed by atoms with Gasteiger partial charge in [-0.2, -0.15) is 0 Å². The molecule has 0 amide bonds. The molecule has 0 fully saturated rings. The van der Waals surface area contributed by atoms with Crippen LogP contribution in [0.5, 0.6) is 0 Å². The third-order valence-corrected chi connectivity index (χ3v) is 2.21. The maximum Gasteiger partial charge on any atom is 0.0506 e. The molecule has 0 unspecified atom stereocenters. The molecule has 0 aliphatic rings. The van der Waals surface area contributed by atoms with Gasteiger partial charge >= 0.3 is 0 Å². The number of allylic oxidation sites excluding steroid dienone is 1. The van der Waals surface area contributed by atoms with Crippen LogP contribution in [-0.2, 0) is 11.2 Å². The van der Waals surface area contributed by atoms with Crippen LogP contribution >= 0.6 is 0 Å². The number of benzene rings is 1. The van der Waals surface area contributed by atoms with Gasteiger partial charge in [0.2, 0.25) is 0 Å². The highest BCUT2D eigenvalue weighted by atomic mass is 16.5. The standard InChI is InChI=1S/C14H20O/c1-2-3-4-8-12-15-13-11-14-9-6-5-7-10-14/h3-7,9-10H,2,8,11-13H2,1H3/b4-3+. The molecule has 82 valence electrons. The van der Waals surface area contributed by atoms with Crippen molar-refractivity contribution in [1.82, 2.24) is 0 Å². The number of rotatable bonds is 7. The molecule has 1 aromatic carbocycles. The maximum absolute atomic E-state index is 5.53. The normalized spacial score (nSPS) is 11.0. The Hall–Kier alpha value is -1.08. The van der Waals surface area contributed by atoms with Crippen LogP contribution in [0, 0.1) is 0 Å². The Morgan fingerprint density at radius 2 is 1.87 bits per heavy atom. The van der Waals surface area contributed by atoms with Crippen LogP contribution in [0.1, 0.15) is 25.3 Å². The van der Waals surface area contributed by atoms with E-state index in [1.54, 1.807) is 0 Å². The van der Waals surface area contributed by atoms with E-state index >= 15 is 0 Å². The molecule has 1 aromatic rings. The number of ether oxygens (including phenoxy) is 1. The molecule has 15 heavy (non-hydrogen) atoms. The van der Waals surface area contributed by atoms with E-state index in [1.165, 1.54) is 5.56 Å². The minimum Gasteiger partial charge on any atom is -0.381 e. The number of hydrogen-bond acceptors (Lipinski definition) is 1. The van der Waals surface area contributed by atoms with Gasteiger partial charge in [-0.25, -0.2) is 0 Å². The van der Waals surface area contributed by atoms with Crippen LogP contribution < -0.4 is 0 Å². The lowest BCUT2D eigenvalue weighted by Crippen LogP contribution is -1.99. The van der Waals surface area contributed by atoms with Crippen molar-refractivity contribution in [3.63, 3.8) is 0 Å². The molecule has 1 rings (SSSR count). The molecule has 0 aliphatic carbocycles. The van der Waals surface area contributed by atoms with Gasteiger partial charge in [-0.1, -0.05) is 49.4 Å². The molecule has 0 saturated heterocycles. The van der Waals surface area contributed by atoms with Crippen LogP contribution in [0.3, 0.4) is 0 Å². The van der Waals surface area contributed by atoms with E-state index in [-0.39, 0.29) is 0 Å². The van der Waals surface area contributed by atoms with E-state index in [2.05, 4.69) is 43.3 Å². The van der Waals surface area contributed by atoms with E-state index in [4.69, 9.17) is 4.74 Å². The van der Waals surface area contributed by atoms with E-state index in [1.807, 2.05) is 6.07 Å². The lowest BCUT2D eigenvalue weighted by molar-refractivity contribution is 0.142. The Bertz CT molecular complexity index is 264. The van der Waals surface area contributed by atoms with Gasteiger partial charge in [0, 0.05) is 0 Å². The summed E-state index contributed by atoms with van der Waals surface area (Å²) in [5.74, 6) is 0. The summed E-state index contributed by atoms with van der Waals surface area (Å²) in [5.41, 5.74) is 1.35. The topological polar surface area (TPSA) is 9.23 Å². The quantitative estimate of drug-likeness (QED) is 0.487. The summed E-state index contributed by atoms with van der Waals surface area (Å²) in [7, 11) is 0. The van der Waals surface area contributed by atoms with Gasteiger partial charge in [-0.15, -0.1) is 0 Å². The second kappa shape index (κ2) is 8.25. The average molecular weight is 204 g/mol. The van der Waals surface area contributed by atoms with E-state index < -0.39 is 0 Å². The van der Waals surface area contributed by atoms with E-state index in [0.717, 1.165) is 32.5 Å². The first-order chi connectivity index (χ1) is 7.43. The zero-order valence-electron chi connectivity index (χ0n) is 9.49. The fourth-order valence-corrected chi connectivity index (χ4v) is 1.37. The average Bonchev–Trinajstić information content (AvgIpc) is 2.29. The molecule has 0 heterocycles. The van der Waals surface area contributed by atoms with Crippen molar-refractivity contribution in [3.8, 4) is 0 Å². The molecule has 0 bridgehead atoms. The molecule has 0 aromatic heterocycles. The third kappa shape index (κ3) is 6.08. The first-order valence-electron chi connectivity index (χ1n) is 5.70. The Balaban J connectivity index is 2.00. The van der Waals surface area contributed by atoms with Gasteiger partial charge in [0.15, 0.2) is 0 Å². The number of hydrogen-bond donors (Lipinski definition) is 0. The Morgan fingerprint density at radius 3 is 2.60 bits per heavy atom. The van der Waals surface area contributed by atoms with Crippen LogP contribution in [-0.4, -0.2) is 13.2 Å². The Morgan fingerprint density at radius 1 is 1.07 bits per heavy atom. The molecule has 0 radical (unpaired) electrons. The van der Waals surface area contributed by atoms with Crippen molar-refractivity contribution in [2.24, 2.45) is 0 Å². The monoisotopic (exact) mass is 204 g/mol. The van der Waals surface area contributed by atoms with Crippen molar-refractivity contribution >= 4 is 0 Å². The third-order valence-electron chi connectivity index (χ3n) is 2.21. The van der Waals surface area contributed by atoms with Crippen LogP contribution in [0.4, 0.5) is 0 Å².